The van der Waals surface area contributed by atoms with E-state index in [9.17, 15) is 8.78 Å². The van der Waals surface area contributed by atoms with Crippen LogP contribution in [-0.2, 0) is 0 Å². The van der Waals surface area contributed by atoms with Gasteiger partial charge in [0.2, 0.25) is 0 Å². The second-order valence-electron chi connectivity index (χ2n) is 2.88. The molecule has 1 atom stereocenters. The van der Waals surface area contributed by atoms with Gasteiger partial charge in [0.1, 0.15) is 0 Å². The fraction of sp³-hybridized carbons (Fsp3) is 1.00. The van der Waals surface area contributed by atoms with E-state index in [1.807, 2.05) is 6.92 Å². The summed E-state index contributed by atoms with van der Waals surface area (Å²) in [6.07, 6.45) is 1.49. The summed E-state index contributed by atoms with van der Waals surface area (Å²) >= 11 is 0. The van der Waals surface area contributed by atoms with E-state index in [0.717, 1.165) is 6.42 Å². The SMILES string of the molecule is CCCC1CNCC1(F)F. The molecule has 1 N–H and O–H groups in total. The zero-order valence-corrected chi connectivity index (χ0v) is 6.16. The van der Waals surface area contributed by atoms with E-state index in [0.29, 0.717) is 13.0 Å². The van der Waals surface area contributed by atoms with Crippen LogP contribution in [0, 0.1) is 5.92 Å². The number of hydrogen-bond donors (Lipinski definition) is 1. The van der Waals surface area contributed by atoms with E-state index < -0.39 is 11.8 Å². The largest absolute Gasteiger partial charge is 0.311 e. The first-order valence-corrected chi connectivity index (χ1v) is 3.75. The van der Waals surface area contributed by atoms with Crippen molar-refractivity contribution in [3.63, 3.8) is 0 Å². The normalized spacial score (nSPS) is 30.9. The molecule has 3 heteroatoms. The molecule has 1 aliphatic heterocycles. The Kier molecular flexibility index (Phi) is 2.24. The molecule has 0 aromatic heterocycles. The molecule has 0 spiro atoms. The third-order valence-electron chi connectivity index (χ3n) is 1.99. The average Bonchev–Trinajstić information content (AvgIpc) is 2.13. The van der Waals surface area contributed by atoms with Crippen molar-refractivity contribution in [1.82, 2.24) is 5.32 Å². The van der Waals surface area contributed by atoms with Crippen LogP contribution in [0.25, 0.3) is 0 Å². The van der Waals surface area contributed by atoms with E-state index in [1.165, 1.54) is 0 Å². The second kappa shape index (κ2) is 2.82. The van der Waals surface area contributed by atoms with E-state index in [2.05, 4.69) is 5.32 Å². The van der Waals surface area contributed by atoms with Crippen LogP contribution in [0.4, 0.5) is 8.78 Å². The maximum atomic E-state index is 12.7. The maximum Gasteiger partial charge on any atom is 0.264 e. The van der Waals surface area contributed by atoms with E-state index >= 15 is 0 Å². The van der Waals surface area contributed by atoms with Gasteiger partial charge in [-0.2, -0.15) is 0 Å². The van der Waals surface area contributed by atoms with Crippen molar-refractivity contribution in [2.24, 2.45) is 5.92 Å². The average molecular weight is 149 g/mol. The molecule has 10 heavy (non-hydrogen) atoms. The zero-order valence-electron chi connectivity index (χ0n) is 6.16. The molecule has 0 aliphatic carbocycles. The first kappa shape index (κ1) is 7.92. The number of hydrogen-bond acceptors (Lipinski definition) is 1. The van der Waals surface area contributed by atoms with Crippen molar-refractivity contribution in [1.29, 1.82) is 0 Å². The number of nitrogens with one attached hydrogen (secondary N) is 1. The highest BCUT2D eigenvalue weighted by atomic mass is 19.3. The fourth-order valence-electron chi connectivity index (χ4n) is 1.37. The molecule has 0 aromatic rings. The summed E-state index contributed by atoms with van der Waals surface area (Å²) in [6, 6.07) is 0. The minimum atomic E-state index is -2.45. The summed E-state index contributed by atoms with van der Waals surface area (Å²) in [6.45, 7) is 2.30. The van der Waals surface area contributed by atoms with Crippen molar-refractivity contribution in [2.45, 2.75) is 25.7 Å². The lowest BCUT2D eigenvalue weighted by Crippen LogP contribution is -2.26. The molecular weight excluding hydrogens is 136 g/mol. The topological polar surface area (TPSA) is 12.0 Å². The van der Waals surface area contributed by atoms with Gasteiger partial charge in [-0.05, 0) is 6.42 Å². The molecule has 0 aromatic carbocycles. The third-order valence-corrected chi connectivity index (χ3v) is 1.99. The van der Waals surface area contributed by atoms with Gasteiger partial charge in [0.15, 0.2) is 0 Å². The molecule has 1 fully saturated rings. The summed E-state index contributed by atoms with van der Waals surface area (Å²) in [4.78, 5) is 0. The summed E-state index contributed by atoms with van der Waals surface area (Å²) in [7, 11) is 0. The van der Waals surface area contributed by atoms with E-state index in [1.54, 1.807) is 0 Å². The van der Waals surface area contributed by atoms with Gasteiger partial charge in [-0.3, -0.25) is 0 Å². The Morgan fingerprint density at radius 2 is 2.30 bits per heavy atom. The van der Waals surface area contributed by atoms with Gasteiger partial charge in [0, 0.05) is 12.5 Å². The first-order valence-electron chi connectivity index (χ1n) is 3.75. The third kappa shape index (κ3) is 1.45. The van der Waals surface area contributed by atoms with Gasteiger partial charge in [-0.15, -0.1) is 0 Å². The standard InChI is InChI=1S/C7H13F2N/c1-2-3-6-4-10-5-7(6,8)9/h6,10H,2-5H2,1H3. The summed E-state index contributed by atoms with van der Waals surface area (Å²) in [5.74, 6) is -2.87. The smallest absolute Gasteiger partial charge is 0.264 e. The Labute approximate surface area is 59.8 Å². The molecular formula is C7H13F2N. The molecule has 1 rings (SSSR count). The van der Waals surface area contributed by atoms with Gasteiger partial charge in [-0.25, -0.2) is 8.78 Å². The van der Waals surface area contributed by atoms with Crippen LogP contribution < -0.4 is 5.32 Å². The van der Waals surface area contributed by atoms with Crippen molar-refractivity contribution in [2.75, 3.05) is 13.1 Å². The number of halogens is 2. The highest BCUT2D eigenvalue weighted by molar-refractivity contribution is 4.87. The van der Waals surface area contributed by atoms with E-state index in [-0.39, 0.29) is 6.54 Å². The predicted molar refractivity (Wildman–Crippen MR) is 36.2 cm³/mol. The summed E-state index contributed by atoms with van der Waals surface area (Å²) in [5, 5.41) is 2.70. The lowest BCUT2D eigenvalue weighted by Gasteiger charge is -2.15. The Morgan fingerprint density at radius 1 is 1.60 bits per heavy atom. The molecule has 1 heterocycles. The molecule has 0 bridgehead atoms. The van der Waals surface area contributed by atoms with Gasteiger partial charge in [-0.1, -0.05) is 13.3 Å². The van der Waals surface area contributed by atoms with Crippen LogP contribution >= 0.6 is 0 Å². The minimum Gasteiger partial charge on any atom is -0.311 e. The Morgan fingerprint density at radius 3 is 2.70 bits per heavy atom. The lowest BCUT2D eigenvalue weighted by atomic mass is 10.00. The number of alkyl halides is 2. The molecule has 0 saturated carbocycles. The van der Waals surface area contributed by atoms with Crippen molar-refractivity contribution >= 4 is 0 Å². The van der Waals surface area contributed by atoms with Crippen LogP contribution in [0.3, 0.4) is 0 Å². The second-order valence-corrected chi connectivity index (χ2v) is 2.88. The van der Waals surface area contributed by atoms with Crippen LogP contribution in [-0.4, -0.2) is 19.0 Å². The molecule has 0 amide bonds. The predicted octanol–water partition coefficient (Wildman–Crippen LogP) is 1.64. The molecule has 60 valence electrons. The highest BCUT2D eigenvalue weighted by Crippen LogP contribution is 2.30. The maximum absolute atomic E-state index is 12.7. The minimum absolute atomic E-state index is 0.127. The molecule has 1 unspecified atom stereocenters. The van der Waals surface area contributed by atoms with Crippen LogP contribution in [0.5, 0.6) is 0 Å². The van der Waals surface area contributed by atoms with Crippen molar-refractivity contribution < 1.29 is 8.78 Å². The Hall–Kier alpha value is -0.180. The molecule has 1 nitrogen and oxygen atoms in total. The summed E-state index contributed by atoms with van der Waals surface area (Å²) in [5.41, 5.74) is 0. The number of rotatable bonds is 2. The van der Waals surface area contributed by atoms with Crippen LogP contribution in [0.15, 0.2) is 0 Å². The van der Waals surface area contributed by atoms with E-state index in [4.69, 9.17) is 0 Å². The van der Waals surface area contributed by atoms with Gasteiger partial charge in [0.25, 0.3) is 5.92 Å². The van der Waals surface area contributed by atoms with Gasteiger partial charge < -0.3 is 5.32 Å². The molecule has 0 radical (unpaired) electrons. The Bertz CT molecular complexity index is 114. The van der Waals surface area contributed by atoms with Crippen molar-refractivity contribution in [3.8, 4) is 0 Å². The zero-order chi connectivity index (χ0) is 7.61. The Balaban J connectivity index is 2.43. The first-order chi connectivity index (χ1) is 4.67. The summed E-state index contributed by atoms with van der Waals surface area (Å²) < 4.78 is 25.5. The molecule has 1 saturated heterocycles. The van der Waals surface area contributed by atoms with Crippen molar-refractivity contribution in [3.05, 3.63) is 0 Å². The van der Waals surface area contributed by atoms with Crippen LogP contribution in [0.2, 0.25) is 0 Å². The monoisotopic (exact) mass is 149 g/mol. The van der Waals surface area contributed by atoms with Crippen LogP contribution in [0.1, 0.15) is 19.8 Å². The lowest BCUT2D eigenvalue weighted by molar-refractivity contribution is -0.0244. The highest BCUT2D eigenvalue weighted by Gasteiger charge is 2.42. The quantitative estimate of drug-likeness (QED) is 0.629. The fourth-order valence-corrected chi connectivity index (χ4v) is 1.37. The van der Waals surface area contributed by atoms with Gasteiger partial charge >= 0.3 is 0 Å². The molecule has 1 aliphatic rings. The van der Waals surface area contributed by atoms with Gasteiger partial charge in [0.05, 0.1) is 6.54 Å².